The van der Waals surface area contributed by atoms with Crippen molar-refractivity contribution < 1.29 is 57.8 Å². The lowest BCUT2D eigenvalue weighted by Crippen LogP contribution is -2.63. The first-order valence-electron chi connectivity index (χ1n) is 32.8. The Morgan fingerprint density at radius 2 is 0.957 bits per heavy atom. The summed E-state index contributed by atoms with van der Waals surface area (Å²) in [7, 11) is 9.90. The third-order valence-electron chi connectivity index (χ3n) is 17.5. The van der Waals surface area contributed by atoms with Crippen molar-refractivity contribution in [1.82, 2.24) is 65.5 Å². The smallest absolute Gasteiger partial charge is 0.246 e. The lowest BCUT2D eigenvalue weighted by molar-refractivity contribution is -0.157. The number of aliphatic hydroxyl groups is 1. The predicted octanol–water partition coefficient (Wildman–Crippen LogP) is 3.73. The van der Waals surface area contributed by atoms with Gasteiger partial charge in [-0.25, -0.2) is 4.98 Å². The number of benzene rings is 1. The molecule has 0 spiro atoms. The summed E-state index contributed by atoms with van der Waals surface area (Å²) in [5, 5.41) is 23.6. The summed E-state index contributed by atoms with van der Waals surface area (Å²) in [5.41, 5.74) is 2.43. The summed E-state index contributed by atoms with van der Waals surface area (Å²) in [6.07, 6.45) is -0.939. The normalized spacial score (nSPS) is 25.7. The molecule has 1 aliphatic rings. The molecule has 0 aliphatic carbocycles. The zero-order valence-electron chi connectivity index (χ0n) is 59.6. The number of imidazole rings is 1. The van der Waals surface area contributed by atoms with Gasteiger partial charge in [0.2, 0.25) is 65.0 Å². The standard InChI is InChI=1S/C67H113N13O12/c1-25-45-63(88)74(18)34-53(81)75(19)48(28-35(2)3)60(85)73-54(39(10)11)66(91)76(20)49(29-36(4)5)59(84)68-43(16)58(83)69-44(17)62(87)77(21)50(30-37(6)7)64(89)78(22)51(31-38(8)9)65(90)79(23)55(40(12)13)67(92)80(24)56(61(86)72-45)57(82)42(15)33-52-70-46-27-26-41(14)32-47(46)71-52/h26-27,32,35-40,42-45,48-51,54-57,82H,25,28-31,33-34H2,1-24H3,(H,68,84)(H,69,83)(H,70,71)(H,72,86)(H,73,85)/t42-,43+,44-,45+,48+,49+,50+,51+,54+,55+,56+,57-/m1/s1. The monoisotopic (exact) mass is 1290 g/mol. The number of fused-ring (bicyclic) bond motifs is 1. The molecule has 1 aromatic carbocycles. The molecule has 1 aliphatic heterocycles. The van der Waals surface area contributed by atoms with Crippen LogP contribution in [0.5, 0.6) is 0 Å². The van der Waals surface area contributed by atoms with E-state index in [0.717, 1.165) is 20.9 Å². The molecule has 11 amide bonds. The van der Waals surface area contributed by atoms with Gasteiger partial charge in [0.15, 0.2) is 0 Å². The molecule has 1 saturated heterocycles. The quantitative estimate of drug-likeness (QED) is 0.148. The molecular formula is C67H113N13O12. The van der Waals surface area contributed by atoms with Crippen LogP contribution < -0.4 is 21.3 Å². The van der Waals surface area contributed by atoms with Crippen molar-refractivity contribution in [3.05, 3.63) is 29.6 Å². The third kappa shape index (κ3) is 20.7. The van der Waals surface area contributed by atoms with Gasteiger partial charge in [-0.3, -0.25) is 52.7 Å². The van der Waals surface area contributed by atoms with Crippen LogP contribution in [0.3, 0.4) is 0 Å². The molecule has 0 bridgehead atoms. The van der Waals surface area contributed by atoms with Crippen molar-refractivity contribution in [2.75, 3.05) is 55.9 Å². The molecule has 0 radical (unpaired) electrons. The number of nitrogens with one attached hydrogen (secondary N) is 5. The minimum absolute atomic E-state index is 0.00508. The van der Waals surface area contributed by atoms with Crippen LogP contribution in [0.25, 0.3) is 11.0 Å². The van der Waals surface area contributed by atoms with Crippen LogP contribution in [-0.2, 0) is 59.2 Å². The van der Waals surface area contributed by atoms with E-state index in [9.17, 15) is 38.7 Å². The number of hydrogen-bond donors (Lipinski definition) is 6. The fraction of sp³-hybridized carbons (Fsp3) is 0.731. The van der Waals surface area contributed by atoms with E-state index in [2.05, 4.69) is 26.3 Å². The van der Waals surface area contributed by atoms with Gasteiger partial charge in [0.1, 0.15) is 66.2 Å². The minimum atomic E-state index is -1.70. The number of rotatable bonds is 15. The molecule has 12 atom stereocenters. The molecule has 25 nitrogen and oxygen atoms in total. The number of hydrogen-bond acceptors (Lipinski definition) is 13. The topological polar surface area (TPSA) is 307 Å². The Hall–Kier alpha value is -7.18. The number of H-pyrrole nitrogens is 1. The Morgan fingerprint density at radius 3 is 1.46 bits per heavy atom. The Bertz CT molecular complexity index is 2910. The minimum Gasteiger partial charge on any atom is -0.390 e. The molecular weight excluding hydrogens is 1180 g/mol. The van der Waals surface area contributed by atoms with E-state index in [1.807, 2.05) is 80.5 Å². The van der Waals surface area contributed by atoms with Crippen LogP contribution >= 0.6 is 0 Å². The number of amides is 11. The Kier molecular flexibility index (Phi) is 29.8. The van der Waals surface area contributed by atoms with Crippen molar-refractivity contribution in [3.63, 3.8) is 0 Å². The average molecular weight is 1290 g/mol. The maximum Gasteiger partial charge on any atom is 0.246 e. The molecule has 518 valence electrons. The van der Waals surface area contributed by atoms with Gasteiger partial charge >= 0.3 is 0 Å². The SMILES string of the molecule is CC[C@@H]1NC(=O)[C@H]([C@H](O)[C@H](C)Cc2nc3ccc(C)cc3[nH]2)N(C)C(=O)[C@H](C(C)C)N(C)C(=O)[C@H](CC(C)C)N(C)C(=O)[C@H](CC(C)C)N(C)C(=O)[C@@H](C)NC(=O)[C@H](C)NC(=O)[C@H](CC(C)C)N(C)C(=O)[C@H](C(C)C)NC(=O)[C@H](CC(C)C)N(C)C(=O)CN(C)C1=O. The van der Waals surface area contributed by atoms with Gasteiger partial charge in [-0.2, -0.15) is 0 Å². The van der Waals surface area contributed by atoms with E-state index in [0.29, 0.717) is 11.3 Å². The molecule has 25 heteroatoms. The fourth-order valence-corrected chi connectivity index (χ4v) is 11.9. The largest absolute Gasteiger partial charge is 0.390 e. The predicted molar refractivity (Wildman–Crippen MR) is 354 cm³/mol. The van der Waals surface area contributed by atoms with E-state index in [4.69, 9.17) is 4.98 Å². The molecule has 6 N–H and O–H groups in total. The number of nitrogens with zero attached hydrogens (tertiary/aromatic N) is 8. The van der Waals surface area contributed by atoms with Crippen LogP contribution in [0, 0.1) is 48.3 Å². The van der Waals surface area contributed by atoms with Crippen LogP contribution in [0.15, 0.2) is 18.2 Å². The molecule has 2 aromatic rings. The molecule has 2 heterocycles. The molecule has 0 unspecified atom stereocenters. The highest BCUT2D eigenvalue weighted by Gasteiger charge is 2.46. The van der Waals surface area contributed by atoms with E-state index in [-0.39, 0.29) is 62.2 Å². The Morgan fingerprint density at radius 1 is 0.500 bits per heavy atom. The number of aromatic nitrogens is 2. The first-order chi connectivity index (χ1) is 42.6. The number of carbonyl (C=O) groups excluding carboxylic acids is 11. The number of aliphatic hydroxyl groups excluding tert-OH is 1. The third-order valence-corrected chi connectivity index (χ3v) is 17.5. The van der Waals surface area contributed by atoms with Gasteiger partial charge in [-0.05, 0) is 112 Å². The lowest BCUT2D eigenvalue weighted by atomic mass is 9.91. The van der Waals surface area contributed by atoms with Crippen molar-refractivity contribution >= 4 is 76.0 Å². The van der Waals surface area contributed by atoms with Crippen LogP contribution in [0.1, 0.15) is 154 Å². The van der Waals surface area contributed by atoms with Crippen LogP contribution in [-0.4, -0.2) is 237 Å². The highest BCUT2D eigenvalue weighted by atomic mass is 16.3. The first-order valence-corrected chi connectivity index (χ1v) is 32.8. The highest BCUT2D eigenvalue weighted by molar-refractivity contribution is 5.99. The van der Waals surface area contributed by atoms with Gasteiger partial charge in [0.05, 0.1) is 23.7 Å². The molecule has 92 heavy (non-hydrogen) atoms. The fourth-order valence-electron chi connectivity index (χ4n) is 11.9. The second-order valence-electron chi connectivity index (χ2n) is 28.2. The summed E-state index contributed by atoms with van der Waals surface area (Å²) in [6, 6.07) is -6.90. The average Bonchev–Trinajstić information content (AvgIpc) is 0.966. The zero-order valence-corrected chi connectivity index (χ0v) is 59.6. The van der Waals surface area contributed by atoms with Crippen molar-refractivity contribution in [1.29, 1.82) is 0 Å². The summed E-state index contributed by atoms with van der Waals surface area (Å²) >= 11 is 0. The van der Waals surface area contributed by atoms with Crippen molar-refractivity contribution in [3.8, 4) is 0 Å². The van der Waals surface area contributed by atoms with Crippen LogP contribution in [0.2, 0.25) is 0 Å². The molecule has 3 rings (SSSR count). The number of aromatic amines is 1. The molecule has 0 saturated carbocycles. The van der Waals surface area contributed by atoms with Gasteiger partial charge in [-0.15, -0.1) is 0 Å². The number of aryl methyl sites for hydroxylation is 1. The second kappa shape index (κ2) is 34.6. The van der Waals surface area contributed by atoms with Gasteiger partial charge in [-0.1, -0.05) is 103 Å². The Labute approximate surface area is 547 Å². The van der Waals surface area contributed by atoms with Crippen LogP contribution in [0.4, 0.5) is 0 Å². The van der Waals surface area contributed by atoms with Crippen molar-refractivity contribution in [2.45, 2.75) is 223 Å². The summed E-state index contributed by atoms with van der Waals surface area (Å²) in [5.74, 6) is -9.63. The molecule has 1 fully saturated rings. The Balaban J connectivity index is 2.32. The van der Waals surface area contributed by atoms with Gasteiger partial charge < -0.3 is 65.7 Å². The second-order valence-corrected chi connectivity index (χ2v) is 28.2. The van der Waals surface area contributed by atoms with E-state index in [1.54, 1.807) is 41.5 Å². The molecule has 1 aromatic heterocycles. The van der Waals surface area contributed by atoms with E-state index >= 15 is 19.2 Å². The highest BCUT2D eigenvalue weighted by Crippen LogP contribution is 2.26. The number of likely N-dealkylation sites (N-methyl/N-ethyl adjacent to an activating group) is 7. The zero-order chi connectivity index (χ0) is 70.4. The van der Waals surface area contributed by atoms with Gasteiger partial charge in [0, 0.05) is 55.8 Å². The van der Waals surface area contributed by atoms with E-state index < -0.39 is 156 Å². The summed E-state index contributed by atoms with van der Waals surface area (Å²) < 4.78 is 0. The van der Waals surface area contributed by atoms with Crippen molar-refractivity contribution in [2.24, 2.45) is 41.4 Å². The first kappa shape index (κ1) is 79.1. The summed E-state index contributed by atoms with van der Waals surface area (Å²) in [6.45, 7) is 29.4. The maximum atomic E-state index is 15.4. The maximum absolute atomic E-state index is 15.4. The lowest BCUT2D eigenvalue weighted by Gasteiger charge is -2.41. The number of carbonyl (C=O) groups is 11. The van der Waals surface area contributed by atoms with Gasteiger partial charge in [0.25, 0.3) is 0 Å². The summed E-state index contributed by atoms with van der Waals surface area (Å²) in [4.78, 5) is 178. The van der Waals surface area contributed by atoms with E-state index in [1.165, 1.54) is 87.7 Å².